The van der Waals surface area contributed by atoms with E-state index < -0.39 is 23.5 Å². The fraction of sp³-hybridized carbons (Fsp3) is 0.609. The van der Waals surface area contributed by atoms with Crippen LogP contribution in [0.5, 0.6) is 5.75 Å². The Balaban J connectivity index is 2.27. The molecule has 1 aliphatic heterocycles. The van der Waals surface area contributed by atoms with E-state index in [1.165, 1.54) is 0 Å². The minimum Gasteiger partial charge on any atom is -0.496 e. The SMILES string of the molecule is CCCCN1C(=O)CC[C@H](C(=O)OCC(=O)NC(C)(C)C)[C@@H]1c1ccccc1OC. The first kappa shape index (κ1) is 23.7. The number of para-hydroxylation sites is 1. The van der Waals surface area contributed by atoms with Crippen LogP contribution in [0, 0.1) is 5.92 Å². The molecule has 7 nitrogen and oxygen atoms in total. The molecule has 1 aromatic carbocycles. The van der Waals surface area contributed by atoms with E-state index in [-0.39, 0.29) is 24.8 Å². The highest BCUT2D eigenvalue weighted by atomic mass is 16.5. The van der Waals surface area contributed by atoms with E-state index in [1.807, 2.05) is 45.0 Å². The van der Waals surface area contributed by atoms with Crippen molar-refractivity contribution in [1.82, 2.24) is 10.2 Å². The molecule has 1 heterocycles. The number of nitrogens with one attached hydrogen (secondary N) is 1. The van der Waals surface area contributed by atoms with Gasteiger partial charge in [-0.2, -0.15) is 0 Å². The summed E-state index contributed by atoms with van der Waals surface area (Å²) >= 11 is 0. The van der Waals surface area contributed by atoms with Gasteiger partial charge < -0.3 is 19.7 Å². The number of methoxy groups -OCH3 is 1. The Morgan fingerprint density at radius 2 is 1.93 bits per heavy atom. The molecular formula is C23H34N2O5. The maximum Gasteiger partial charge on any atom is 0.311 e. The molecule has 2 rings (SSSR count). The lowest BCUT2D eigenvalue weighted by Gasteiger charge is -2.40. The number of carbonyl (C=O) groups excluding carboxylic acids is 3. The van der Waals surface area contributed by atoms with E-state index in [4.69, 9.17) is 9.47 Å². The van der Waals surface area contributed by atoms with E-state index in [0.29, 0.717) is 18.7 Å². The number of amides is 2. The number of nitrogens with zero attached hydrogens (tertiary/aromatic N) is 1. The van der Waals surface area contributed by atoms with Gasteiger partial charge in [0, 0.05) is 24.1 Å². The maximum atomic E-state index is 13.0. The van der Waals surface area contributed by atoms with E-state index in [2.05, 4.69) is 12.2 Å². The molecule has 1 aliphatic rings. The lowest BCUT2D eigenvalue weighted by molar-refractivity contribution is -0.160. The third-order valence-electron chi connectivity index (χ3n) is 5.08. The summed E-state index contributed by atoms with van der Waals surface area (Å²) in [6.07, 6.45) is 2.44. The van der Waals surface area contributed by atoms with E-state index in [9.17, 15) is 14.4 Å². The van der Waals surface area contributed by atoms with Crippen LogP contribution < -0.4 is 10.1 Å². The third kappa shape index (κ3) is 6.21. The number of likely N-dealkylation sites (tertiary alicyclic amines) is 1. The first-order chi connectivity index (χ1) is 14.2. The van der Waals surface area contributed by atoms with Gasteiger partial charge in [0.15, 0.2) is 6.61 Å². The Bertz CT molecular complexity index is 756. The molecule has 1 aromatic rings. The van der Waals surface area contributed by atoms with Gasteiger partial charge in [0.05, 0.1) is 19.1 Å². The monoisotopic (exact) mass is 418 g/mol. The zero-order chi connectivity index (χ0) is 22.3. The van der Waals surface area contributed by atoms with Gasteiger partial charge in [-0.05, 0) is 39.7 Å². The molecule has 30 heavy (non-hydrogen) atoms. The number of esters is 1. The second-order valence-electron chi connectivity index (χ2n) is 8.68. The van der Waals surface area contributed by atoms with Gasteiger partial charge in [0.25, 0.3) is 5.91 Å². The van der Waals surface area contributed by atoms with Crippen LogP contribution in [0.2, 0.25) is 0 Å². The molecule has 0 unspecified atom stereocenters. The standard InChI is InChI=1S/C23H34N2O5/c1-6-7-14-25-20(27)13-12-17(21(25)16-10-8-9-11-18(16)29-5)22(28)30-15-19(26)24-23(2,3)4/h8-11,17,21H,6-7,12-15H2,1-5H3,(H,24,26)/t17-,21-/m0/s1. The summed E-state index contributed by atoms with van der Waals surface area (Å²) < 4.78 is 10.9. The Morgan fingerprint density at radius 3 is 2.57 bits per heavy atom. The van der Waals surface area contributed by atoms with Crippen molar-refractivity contribution < 1.29 is 23.9 Å². The van der Waals surface area contributed by atoms with Crippen LogP contribution in [0.15, 0.2) is 24.3 Å². The highest BCUT2D eigenvalue weighted by molar-refractivity contribution is 5.85. The van der Waals surface area contributed by atoms with Gasteiger partial charge in [-0.25, -0.2) is 0 Å². The summed E-state index contributed by atoms with van der Waals surface area (Å²) in [5, 5.41) is 2.78. The highest BCUT2D eigenvalue weighted by Crippen LogP contribution is 2.41. The largest absolute Gasteiger partial charge is 0.496 e. The van der Waals surface area contributed by atoms with Crippen molar-refractivity contribution in [2.24, 2.45) is 5.92 Å². The quantitative estimate of drug-likeness (QED) is 0.655. The van der Waals surface area contributed by atoms with Crippen LogP contribution in [0.4, 0.5) is 0 Å². The zero-order valence-electron chi connectivity index (χ0n) is 18.7. The second-order valence-corrected chi connectivity index (χ2v) is 8.68. The number of hydrogen-bond acceptors (Lipinski definition) is 5. The Labute approximate surface area is 179 Å². The lowest BCUT2D eigenvalue weighted by Crippen LogP contribution is -2.47. The molecule has 2 atom stereocenters. The summed E-state index contributed by atoms with van der Waals surface area (Å²) in [5.74, 6) is -0.725. The van der Waals surface area contributed by atoms with Crippen molar-refractivity contribution >= 4 is 17.8 Å². The fourth-order valence-corrected chi connectivity index (χ4v) is 3.79. The average Bonchev–Trinajstić information content (AvgIpc) is 2.69. The van der Waals surface area contributed by atoms with Crippen molar-refractivity contribution in [1.29, 1.82) is 0 Å². The zero-order valence-corrected chi connectivity index (χ0v) is 18.7. The summed E-state index contributed by atoms with van der Waals surface area (Å²) in [6.45, 7) is 7.88. The van der Waals surface area contributed by atoms with Crippen LogP contribution in [0.1, 0.15) is 65.0 Å². The Hall–Kier alpha value is -2.57. The number of benzene rings is 1. The molecule has 1 fully saturated rings. The summed E-state index contributed by atoms with van der Waals surface area (Å²) in [5.41, 5.74) is 0.378. The summed E-state index contributed by atoms with van der Waals surface area (Å²) in [7, 11) is 1.57. The number of rotatable bonds is 8. The van der Waals surface area contributed by atoms with Crippen LogP contribution >= 0.6 is 0 Å². The minimum atomic E-state index is -0.557. The third-order valence-corrected chi connectivity index (χ3v) is 5.08. The topological polar surface area (TPSA) is 84.9 Å². The first-order valence-electron chi connectivity index (χ1n) is 10.6. The normalized spacial score (nSPS) is 19.4. The predicted octanol–water partition coefficient (Wildman–Crippen LogP) is 3.23. The molecule has 0 aromatic heterocycles. The minimum absolute atomic E-state index is 0.0221. The van der Waals surface area contributed by atoms with E-state index >= 15 is 0 Å². The first-order valence-corrected chi connectivity index (χ1v) is 10.6. The molecule has 0 saturated carbocycles. The van der Waals surface area contributed by atoms with Gasteiger partial charge in [-0.3, -0.25) is 14.4 Å². The molecular weight excluding hydrogens is 384 g/mol. The molecule has 166 valence electrons. The van der Waals surface area contributed by atoms with E-state index in [1.54, 1.807) is 12.0 Å². The fourth-order valence-electron chi connectivity index (χ4n) is 3.79. The Morgan fingerprint density at radius 1 is 1.23 bits per heavy atom. The van der Waals surface area contributed by atoms with Crippen molar-refractivity contribution in [2.75, 3.05) is 20.3 Å². The lowest BCUT2D eigenvalue weighted by atomic mass is 9.83. The highest BCUT2D eigenvalue weighted by Gasteiger charge is 2.42. The van der Waals surface area contributed by atoms with Gasteiger partial charge in [0.2, 0.25) is 5.91 Å². The maximum absolute atomic E-state index is 13.0. The molecule has 2 amide bonds. The number of carbonyl (C=O) groups is 3. The molecule has 1 saturated heterocycles. The molecule has 0 bridgehead atoms. The number of piperidine rings is 1. The van der Waals surface area contributed by atoms with Crippen LogP contribution in [-0.2, 0) is 19.1 Å². The van der Waals surface area contributed by atoms with Crippen molar-refractivity contribution in [3.8, 4) is 5.75 Å². The van der Waals surface area contributed by atoms with Crippen LogP contribution in [0.3, 0.4) is 0 Å². The number of hydrogen-bond donors (Lipinski definition) is 1. The van der Waals surface area contributed by atoms with Crippen molar-refractivity contribution in [2.45, 2.75) is 65.0 Å². The van der Waals surface area contributed by atoms with Crippen LogP contribution in [0.25, 0.3) is 0 Å². The summed E-state index contributed by atoms with van der Waals surface area (Å²) in [6, 6.07) is 6.95. The number of unbranched alkanes of at least 4 members (excludes halogenated alkanes) is 1. The van der Waals surface area contributed by atoms with Gasteiger partial charge >= 0.3 is 5.97 Å². The van der Waals surface area contributed by atoms with Crippen molar-refractivity contribution in [3.63, 3.8) is 0 Å². The molecule has 0 spiro atoms. The summed E-state index contributed by atoms with van der Waals surface area (Å²) in [4.78, 5) is 39.6. The van der Waals surface area contributed by atoms with Gasteiger partial charge in [-0.15, -0.1) is 0 Å². The van der Waals surface area contributed by atoms with Crippen molar-refractivity contribution in [3.05, 3.63) is 29.8 Å². The average molecular weight is 419 g/mol. The smallest absolute Gasteiger partial charge is 0.311 e. The predicted molar refractivity (Wildman–Crippen MR) is 114 cm³/mol. The van der Waals surface area contributed by atoms with E-state index in [0.717, 1.165) is 18.4 Å². The molecule has 0 radical (unpaired) electrons. The molecule has 1 N–H and O–H groups in total. The number of ether oxygens (including phenoxy) is 2. The molecule has 0 aliphatic carbocycles. The van der Waals surface area contributed by atoms with Gasteiger partial charge in [0.1, 0.15) is 5.75 Å². The molecule has 7 heteroatoms. The van der Waals surface area contributed by atoms with Crippen LogP contribution in [-0.4, -0.2) is 48.5 Å². The van der Waals surface area contributed by atoms with Gasteiger partial charge in [-0.1, -0.05) is 31.5 Å². The second kappa shape index (κ2) is 10.5. The Kier molecular flexibility index (Phi) is 8.26.